The van der Waals surface area contributed by atoms with Gasteiger partial charge in [-0.1, -0.05) is 12.8 Å². The number of methoxy groups -OCH3 is 2. The van der Waals surface area contributed by atoms with E-state index in [1.54, 1.807) is 14.2 Å². The molecular formula is C15H21NO2. The fourth-order valence-corrected chi connectivity index (χ4v) is 3.42. The lowest BCUT2D eigenvalue weighted by Crippen LogP contribution is -2.47. The van der Waals surface area contributed by atoms with Crippen LogP contribution in [0.15, 0.2) is 12.1 Å². The van der Waals surface area contributed by atoms with Gasteiger partial charge in [0.1, 0.15) is 11.5 Å². The number of benzene rings is 1. The van der Waals surface area contributed by atoms with E-state index in [-0.39, 0.29) is 0 Å². The van der Waals surface area contributed by atoms with Gasteiger partial charge in [0, 0.05) is 23.7 Å². The molecule has 1 heterocycles. The molecule has 18 heavy (non-hydrogen) atoms. The predicted octanol–water partition coefficient (Wildman–Crippen LogP) is 2.66. The first kappa shape index (κ1) is 11.8. The lowest BCUT2D eigenvalue weighted by atomic mass is 9.83. The highest BCUT2D eigenvalue weighted by Gasteiger charge is 2.37. The number of fused-ring (bicyclic) bond motifs is 1. The van der Waals surface area contributed by atoms with Crippen LogP contribution in [0.3, 0.4) is 0 Å². The van der Waals surface area contributed by atoms with Gasteiger partial charge in [-0.15, -0.1) is 0 Å². The molecule has 2 aliphatic rings. The SMILES string of the molecule is COc1cc2c(c(OC)c1)CC1(CCCC1)NC2. The summed E-state index contributed by atoms with van der Waals surface area (Å²) in [6, 6.07) is 4.14. The van der Waals surface area contributed by atoms with Crippen molar-refractivity contribution in [2.24, 2.45) is 0 Å². The van der Waals surface area contributed by atoms with E-state index < -0.39 is 0 Å². The molecule has 1 saturated carbocycles. The molecule has 3 nitrogen and oxygen atoms in total. The maximum atomic E-state index is 5.55. The van der Waals surface area contributed by atoms with E-state index in [9.17, 15) is 0 Å². The Morgan fingerprint density at radius 1 is 1.11 bits per heavy atom. The van der Waals surface area contributed by atoms with E-state index in [0.717, 1.165) is 24.5 Å². The monoisotopic (exact) mass is 247 g/mol. The molecule has 0 saturated heterocycles. The molecule has 0 amide bonds. The number of nitrogens with one attached hydrogen (secondary N) is 1. The molecule has 1 N–H and O–H groups in total. The summed E-state index contributed by atoms with van der Waals surface area (Å²) in [6.45, 7) is 0.933. The van der Waals surface area contributed by atoms with Crippen molar-refractivity contribution in [1.82, 2.24) is 5.32 Å². The molecule has 1 aliphatic heterocycles. The van der Waals surface area contributed by atoms with Crippen molar-refractivity contribution in [1.29, 1.82) is 0 Å². The number of rotatable bonds is 2. The van der Waals surface area contributed by atoms with Crippen molar-refractivity contribution >= 4 is 0 Å². The largest absolute Gasteiger partial charge is 0.497 e. The lowest BCUT2D eigenvalue weighted by Gasteiger charge is -2.37. The van der Waals surface area contributed by atoms with E-state index in [2.05, 4.69) is 11.4 Å². The Labute approximate surface area is 108 Å². The molecular weight excluding hydrogens is 226 g/mol. The number of hydrogen-bond donors (Lipinski definition) is 1. The second kappa shape index (κ2) is 4.47. The summed E-state index contributed by atoms with van der Waals surface area (Å²) in [4.78, 5) is 0. The lowest BCUT2D eigenvalue weighted by molar-refractivity contribution is 0.298. The summed E-state index contributed by atoms with van der Waals surface area (Å²) in [6.07, 6.45) is 6.38. The third-order valence-corrected chi connectivity index (χ3v) is 4.46. The zero-order chi connectivity index (χ0) is 12.6. The minimum atomic E-state index is 0.328. The Morgan fingerprint density at radius 2 is 1.89 bits per heavy atom. The van der Waals surface area contributed by atoms with Gasteiger partial charge in [-0.05, 0) is 30.9 Å². The van der Waals surface area contributed by atoms with Gasteiger partial charge < -0.3 is 14.8 Å². The highest BCUT2D eigenvalue weighted by atomic mass is 16.5. The summed E-state index contributed by atoms with van der Waals surface area (Å²) in [5.74, 6) is 1.87. The second-order valence-corrected chi connectivity index (χ2v) is 5.49. The maximum absolute atomic E-state index is 5.55. The molecule has 1 aromatic carbocycles. The molecule has 3 rings (SSSR count). The normalized spacial score (nSPS) is 20.8. The average Bonchev–Trinajstić information content (AvgIpc) is 2.86. The van der Waals surface area contributed by atoms with Crippen LogP contribution in [-0.2, 0) is 13.0 Å². The molecule has 98 valence electrons. The van der Waals surface area contributed by atoms with Crippen LogP contribution in [0.25, 0.3) is 0 Å². The van der Waals surface area contributed by atoms with Crippen LogP contribution >= 0.6 is 0 Å². The molecule has 0 unspecified atom stereocenters. The second-order valence-electron chi connectivity index (χ2n) is 5.49. The number of hydrogen-bond acceptors (Lipinski definition) is 3. The Morgan fingerprint density at radius 3 is 2.56 bits per heavy atom. The quantitative estimate of drug-likeness (QED) is 0.871. The summed E-state index contributed by atoms with van der Waals surface area (Å²) >= 11 is 0. The average molecular weight is 247 g/mol. The zero-order valence-electron chi connectivity index (χ0n) is 11.2. The van der Waals surface area contributed by atoms with Crippen LogP contribution in [0.5, 0.6) is 11.5 Å². The van der Waals surface area contributed by atoms with Crippen LogP contribution in [0.1, 0.15) is 36.8 Å². The van der Waals surface area contributed by atoms with Crippen molar-refractivity contribution in [3.8, 4) is 11.5 Å². The van der Waals surface area contributed by atoms with Crippen LogP contribution in [-0.4, -0.2) is 19.8 Å². The first-order valence-electron chi connectivity index (χ1n) is 6.75. The molecule has 1 fully saturated rings. The molecule has 3 heteroatoms. The summed E-state index contributed by atoms with van der Waals surface area (Å²) < 4.78 is 10.9. The van der Waals surface area contributed by atoms with Crippen molar-refractivity contribution < 1.29 is 9.47 Å². The van der Waals surface area contributed by atoms with Gasteiger partial charge in [0.15, 0.2) is 0 Å². The fourth-order valence-electron chi connectivity index (χ4n) is 3.42. The van der Waals surface area contributed by atoms with E-state index in [0.29, 0.717) is 5.54 Å². The van der Waals surface area contributed by atoms with Crippen LogP contribution in [0.4, 0.5) is 0 Å². The molecule has 0 radical (unpaired) electrons. The van der Waals surface area contributed by atoms with Crippen LogP contribution in [0, 0.1) is 0 Å². The molecule has 0 bridgehead atoms. The van der Waals surface area contributed by atoms with Gasteiger partial charge in [0.2, 0.25) is 0 Å². The third-order valence-electron chi connectivity index (χ3n) is 4.46. The standard InChI is InChI=1S/C15H21NO2/c1-17-12-7-11-10-16-15(5-3-4-6-15)9-13(11)14(8-12)18-2/h7-8,16H,3-6,9-10H2,1-2H3. The predicted molar refractivity (Wildman–Crippen MR) is 71.3 cm³/mol. The molecule has 0 atom stereocenters. The van der Waals surface area contributed by atoms with Crippen LogP contribution in [0.2, 0.25) is 0 Å². The van der Waals surface area contributed by atoms with Crippen molar-refractivity contribution in [2.75, 3.05) is 14.2 Å². The van der Waals surface area contributed by atoms with E-state index >= 15 is 0 Å². The minimum absolute atomic E-state index is 0.328. The fraction of sp³-hybridized carbons (Fsp3) is 0.600. The topological polar surface area (TPSA) is 30.5 Å². The van der Waals surface area contributed by atoms with E-state index in [1.807, 2.05) is 6.07 Å². The van der Waals surface area contributed by atoms with Gasteiger partial charge in [-0.25, -0.2) is 0 Å². The summed E-state index contributed by atoms with van der Waals surface area (Å²) in [5, 5.41) is 3.74. The number of ether oxygens (including phenoxy) is 2. The Balaban J connectivity index is 1.99. The smallest absolute Gasteiger partial charge is 0.126 e. The molecule has 1 aliphatic carbocycles. The van der Waals surface area contributed by atoms with E-state index in [1.165, 1.54) is 36.8 Å². The van der Waals surface area contributed by atoms with Crippen molar-refractivity contribution in [3.63, 3.8) is 0 Å². The van der Waals surface area contributed by atoms with Gasteiger partial charge in [-0.2, -0.15) is 0 Å². The Kier molecular flexibility index (Phi) is 2.94. The molecule has 0 aromatic heterocycles. The first-order valence-corrected chi connectivity index (χ1v) is 6.75. The maximum Gasteiger partial charge on any atom is 0.126 e. The van der Waals surface area contributed by atoms with Crippen molar-refractivity contribution in [3.05, 3.63) is 23.3 Å². The molecule has 1 aromatic rings. The minimum Gasteiger partial charge on any atom is -0.497 e. The van der Waals surface area contributed by atoms with Gasteiger partial charge in [0.25, 0.3) is 0 Å². The van der Waals surface area contributed by atoms with Crippen LogP contribution < -0.4 is 14.8 Å². The zero-order valence-corrected chi connectivity index (χ0v) is 11.2. The summed E-state index contributed by atoms with van der Waals surface area (Å²) in [7, 11) is 3.45. The highest BCUT2D eigenvalue weighted by molar-refractivity contribution is 5.49. The summed E-state index contributed by atoms with van der Waals surface area (Å²) in [5.41, 5.74) is 3.03. The Hall–Kier alpha value is -1.22. The van der Waals surface area contributed by atoms with Gasteiger partial charge in [0.05, 0.1) is 14.2 Å². The van der Waals surface area contributed by atoms with E-state index in [4.69, 9.17) is 9.47 Å². The molecule has 1 spiro atoms. The van der Waals surface area contributed by atoms with Gasteiger partial charge in [-0.3, -0.25) is 0 Å². The van der Waals surface area contributed by atoms with Crippen molar-refractivity contribution in [2.45, 2.75) is 44.2 Å². The third kappa shape index (κ3) is 1.87. The highest BCUT2D eigenvalue weighted by Crippen LogP contribution is 2.41. The Bertz CT molecular complexity index is 433. The first-order chi connectivity index (χ1) is 8.76. The van der Waals surface area contributed by atoms with Gasteiger partial charge >= 0.3 is 0 Å².